The summed E-state index contributed by atoms with van der Waals surface area (Å²) in [5, 5.41) is 0. The number of rotatable bonds is 5. The molecule has 7 heteroatoms. The first-order chi connectivity index (χ1) is 8.25. The van der Waals surface area contributed by atoms with Crippen molar-refractivity contribution in [3.63, 3.8) is 0 Å². The second-order valence-electron chi connectivity index (χ2n) is 4.14. The molecule has 0 aliphatic rings. The van der Waals surface area contributed by atoms with Gasteiger partial charge in [-0.25, -0.2) is 17.6 Å². The predicted octanol–water partition coefficient (Wildman–Crippen LogP) is 1.21. The zero-order valence-corrected chi connectivity index (χ0v) is 12.0. The second kappa shape index (κ2) is 8.23. The number of hydrogen-bond acceptors (Lipinski definition) is 3. The minimum Gasteiger partial charge on any atom is -0.726 e. The van der Waals surface area contributed by atoms with Gasteiger partial charge in [-0.1, -0.05) is 19.8 Å². The number of unbranched alkanes of at least 4 members (excludes halogenated alkanes) is 3. The molecule has 1 aromatic rings. The molecule has 0 bridgehead atoms. The summed E-state index contributed by atoms with van der Waals surface area (Å²) in [5.74, 6) is 1.34. The van der Waals surface area contributed by atoms with Gasteiger partial charge in [0.05, 0.1) is 13.6 Å². The van der Waals surface area contributed by atoms with Crippen LogP contribution in [0.25, 0.3) is 0 Å². The summed E-state index contributed by atoms with van der Waals surface area (Å²) in [4.78, 5) is 0. The quantitative estimate of drug-likeness (QED) is 0.379. The van der Waals surface area contributed by atoms with Gasteiger partial charge in [0.1, 0.15) is 12.4 Å². The van der Waals surface area contributed by atoms with Gasteiger partial charge < -0.3 is 4.55 Å². The summed E-state index contributed by atoms with van der Waals surface area (Å²) >= 11 is 0. The lowest BCUT2D eigenvalue weighted by atomic mass is 10.2. The zero-order valence-electron chi connectivity index (χ0n) is 11.2. The minimum absolute atomic E-state index is 1.17. The highest BCUT2D eigenvalue weighted by Crippen LogP contribution is 2.02. The molecular weight excluding hydrogens is 256 g/mol. The normalized spacial score (nSPS) is 10.9. The van der Waals surface area contributed by atoms with Crippen LogP contribution in [0, 0.1) is 6.92 Å². The van der Waals surface area contributed by atoms with Crippen LogP contribution in [0.3, 0.4) is 0 Å². The van der Waals surface area contributed by atoms with Gasteiger partial charge >= 0.3 is 0 Å². The molecule has 0 aliphatic carbocycles. The van der Waals surface area contributed by atoms with Crippen LogP contribution < -0.4 is 4.57 Å². The molecule has 18 heavy (non-hydrogen) atoms. The predicted molar refractivity (Wildman–Crippen MR) is 66.8 cm³/mol. The Morgan fingerprint density at radius 3 is 2.33 bits per heavy atom. The van der Waals surface area contributed by atoms with Gasteiger partial charge in [-0.15, -0.1) is 0 Å². The highest BCUT2D eigenvalue weighted by molar-refractivity contribution is 7.79. The number of aromatic nitrogens is 2. The molecule has 1 rings (SSSR count). The van der Waals surface area contributed by atoms with E-state index >= 15 is 0 Å². The van der Waals surface area contributed by atoms with Crippen molar-refractivity contribution in [2.45, 2.75) is 46.1 Å². The van der Waals surface area contributed by atoms with Gasteiger partial charge in [-0.3, -0.25) is 4.55 Å². The van der Waals surface area contributed by atoms with Crippen molar-refractivity contribution < 1.29 is 22.1 Å². The van der Waals surface area contributed by atoms with Gasteiger partial charge in [0.15, 0.2) is 0 Å². The monoisotopic (exact) mass is 278 g/mol. The molecule has 1 aromatic heterocycles. The van der Waals surface area contributed by atoms with Crippen molar-refractivity contribution in [2.24, 2.45) is 7.05 Å². The molecule has 0 saturated heterocycles. The van der Waals surface area contributed by atoms with Gasteiger partial charge in [0, 0.05) is 6.92 Å². The molecule has 0 unspecified atom stereocenters. The molecule has 1 N–H and O–H groups in total. The Bertz CT molecular complexity index is 432. The van der Waals surface area contributed by atoms with E-state index in [1.165, 1.54) is 38.1 Å². The molecule has 0 aliphatic heterocycles. The number of hydrogen-bond donors (Lipinski definition) is 1. The van der Waals surface area contributed by atoms with Crippen LogP contribution in [0.2, 0.25) is 0 Å². The van der Waals surface area contributed by atoms with Crippen LogP contribution in [0.4, 0.5) is 0 Å². The first-order valence-corrected chi connectivity index (χ1v) is 7.32. The van der Waals surface area contributed by atoms with E-state index in [-0.39, 0.29) is 0 Å². The fourth-order valence-corrected chi connectivity index (χ4v) is 1.54. The van der Waals surface area contributed by atoms with E-state index in [0.29, 0.717) is 0 Å². The highest BCUT2D eigenvalue weighted by Gasteiger charge is 2.06. The van der Waals surface area contributed by atoms with Crippen molar-refractivity contribution in [3.8, 4) is 0 Å². The minimum atomic E-state index is -4.92. The van der Waals surface area contributed by atoms with Gasteiger partial charge in [0.25, 0.3) is 5.82 Å². The third-order valence-corrected chi connectivity index (χ3v) is 2.65. The zero-order chi connectivity index (χ0) is 14.2. The Morgan fingerprint density at radius 2 is 1.94 bits per heavy atom. The molecule has 1 heterocycles. The molecule has 0 amide bonds. The Morgan fingerprint density at radius 1 is 1.39 bits per heavy atom. The molecule has 0 aromatic carbocycles. The maximum atomic E-state index is 8.63. The lowest BCUT2D eigenvalue weighted by Crippen LogP contribution is -2.29. The highest BCUT2D eigenvalue weighted by atomic mass is 32.3. The number of aryl methyl sites for hydroxylation is 2. The standard InChI is InChI=1S/C11H21N2.H2O4S/c1-4-5-6-7-8-13-10-9-12(3)11(13)2;1-5(2,3)4/h9-10H,4-8H2,1-3H3;(H2,1,2,3,4)/q+1;/p-1. The van der Waals surface area contributed by atoms with Gasteiger partial charge in [-0.05, 0) is 12.8 Å². The summed E-state index contributed by atoms with van der Waals surface area (Å²) < 4.78 is 37.3. The molecule has 106 valence electrons. The van der Waals surface area contributed by atoms with Gasteiger partial charge in [0.2, 0.25) is 10.4 Å². The van der Waals surface area contributed by atoms with Crippen molar-refractivity contribution in [1.29, 1.82) is 0 Å². The van der Waals surface area contributed by atoms with Crippen LogP contribution in [0.5, 0.6) is 0 Å². The Kier molecular flexibility index (Phi) is 7.81. The van der Waals surface area contributed by atoms with Crippen molar-refractivity contribution >= 4 is 10.4 Å². The molecule has 0 saturated carbocycles. The molecule has 0 atom stereocenters. The number of nitrogens with zero attached hydrogens (tertiary/aromatic N) is 2. The SMILES string of the molecule is CCCCCCn1cc[n+](C)c1C.O=S(=O)([O-])O. The van der Waals surface area contributed by atoms with E-state index in [4.69, 9.17) is 17.5 Å². The topological polar surface area (TPSA) is 86.2 Å². The maximum absolute atomic E-state index is 8.63. The summed E-state index contributed by atoms with van der Waals surface area (Å²) in [7, 11) is -2.82. The summed E-state index contributed by atoms with van der Waals surface area (Å²) in [6.45, 7) is 5.59. The third kappa shape index (κ3) is 9.15. The summed E-state index contributed by atoms with van der Waals surface area (Å²) in [6, 6.07) is 0. The average molecular weight is 278 g/mol. The van der Waals surface area contributed by atoms with E-state index in [9.17, 15) is 0 Å². The smallest absolute Gasteiger partial charge is 0.253 e. The molecular formula is C11H22N2O4S. The van der Waals surface area contributed by atoms with E-state index in [2.05, 4.69) is 42.4 Å². The molecule has 0 spiro atoms. The maximum Gasteiger partial charge on any atom is 0.253 e. The molecule has 0 fully saturated rings. The lowest BCUT2D eigenvalue weighted by molar-refractivity contribution is -0.677. The second-order valence-corrected chi connectivity index (χ2v) is 4.99. The average Bonchev–Trinajstić information content (AvgIpc) is 2.53. The first-order valence-electron chi connectivity index (χ1n) is 5.95. The largest absolute Gasteiger partial charge is 0.726 e. The molecule has 0 radical (unpaired) electrons. The first kappa shape index (κ1) is 17.1. The van der Waals surface area contributed by atoms with Crippen LogP contribution >= 0.6 is 0 Å². The third-order valence-electron chi connectivity index (χ3n) is 2.65. The van der Waals surface area contributed by atoms with Crippen molar-refractivity contribution in [1.82, 2.24) is 4.57 Å². The van der Waals surface area contributed by atoms with Crippen molar-refractivity contribution in [2.75, 3.05) is 0 Å². The Hall–Kier alpha value is -0.920. The fourth-order valence-electron chi connectivity index (χ4n) is 1.54. The van der Waals surface area contributed by atoms with Crippen LogP contribution in [-0.2, 0) is 24.0 Å². The van der Waals surface area contributed by atoms with E-state index in [1.807, 2.05) is 0 Å². The van der Waals surface area contributed by atoms with Crippen LogP contribution in [-0.4, -0.2) is 22.1 Å². The van der Waals surface area contributed by atoms with E-state index in [1.54, 1.807) is 0 Å². The van der Waals surface area contributed by atoms with E-state index in [0.717, 1.165) is 0 Å². The van der Waals surface area contributed by atoms with E-state index < -0.39 is 10.4 Å². The van der Waals surface area contributed by atoms with Gasteiger partial charge in [-0.2, -0.15) is 0 Å². The van der Waals surface area contributed by atoms with Crippen LogP contribution in [0.15, 0.2) is 12.4 Å². The van der Waals surface area contributed by atoms with Crippen LogP contribution in [0.1, 0.15) is 38.4 Å². The summed E-state index contributed by atoms with van der Waals surface area (Å²) in [6.07, 6.45) is 9.64. The summed E-state index contributed by atoms with van der Waals surface area (Å²) in [5.41, 5.74) is 0. The molecule has 6 nitrogen and oxygen atoms in total. The van der Waals surface area contributed by atoms with Crippen molar-refractivity contribution in [3.05, 3.63) is 18.2 Å². The number of imidazole rings is 1. The Labute approximate surface area is 109 Å². The fraction of sp³-hybridized carbons (Fsp3) is 0.727. The lowest BCUT2D eigenvalue weighted by Gasteiger charge is -1.98. The Balaban J connectivity index is 0.000000494.